The smallest absolute Gasteiger partial charge is 0.328 e. The Balaban J connectivity index is 2.78. The van der Waals surface area contributed by atoms with E-state index in [9.17, 15) is 19.2 Å². The van der Waals surface area contributed by atoms with Crippen molar-refractivity contribution in [3.05, 3.63) is 0 Å². The van der Waals surface area contributed by atoms with Gasteiger partial charge in [-0.2, -0.15) is 0 Å². The molecule has 1 atom stereocenters. The van der Waals surface area contributed by atoms with Crippen LogP contribution < -0.4 is 10.6 Å². The number of rotatable bonds is 3. The number of carbonyl (C=O) groups excluding carboxylic acids is 4. The molecule has 0 bridgehead atoms. The predicted octanol–water partition coefficient (Wildman–Crippen LogP) is -0.832. The fourth-order valence-electron chi connectivity index (χ4n) is 1.39. The molecule has 0 aliphatic carbocycles. The van der Waals surface area contributed by atoms with Gasteiger partial charge in [-0.05, 0) is 6.92 Å². The van der Waals surface area contributed by atoms with Gasteiger partial charge in [0, 0.05) is 0 Å². The maximum Gasteiger partial charge on any atom is 0.328 e. The highest BCUT2D eigenvalue weighted by Crippen LogP contribution is 2.16. The molecule has 0 radical (unpaired) electrons. The van der Waals surface area contributed by atoms with Crippen LogP contribution >= 0.6 is 0 Å². The van der Waals surface area contributed by atoms with Gasteiger partial charge in [-0.15, -0.1) is 0 Å². The summed E-state index contributed by atoms with van der Waals surface area (Å²) >= 11 is 0. The van der Waals surface area contributed by atoms with Crippen LogP contribution in [0.3, 0.4) is 0 Å². The third kappa shape index (κ3) is 2.36. The van der Waals surface area contributed by atoms with Crippen molar-refractivity contribution in [3.63, 3.8) is 0 Å². The molecule has 0 saturated carbocycles. The van der Waals surface area contributed by atoms with Crippen LogP contribution in [0.15, 0.2) is 0 Å². The summed E-state index contributed by atoms with van der Waals surface area (Å²) in [5, 5.41) is 3.84. The fraction of sp³-hybridized carbons (Fsp3) is 0.556. The van der Waals surface area contributed by atoms with E-state index in [4.69, 9.17) is 4.74 Å². The van der Waals surface area contributed by atoms with E-state index in [1.807, 2.05) is 10.6 Å². The summed E-state index contributed by atoms with van der Waals surface area (Å²) in [6.45, 7) is 3.19. The summed E-state index contributed by atoms with van der Waals surface area (Å²) < 4.78 is 4.70. The molecule has 0 spiro atoms. The molecule has 1 heterocycles. The van der Waals surface area contributed by atoms with E-state index in [0.29, 0.717) is 0 Å². The maximum absolute atomic E-state index is 11.4. The van der Waals surface area contributed by atoms with Gasteiger partial charge >= 0.3 is 12.0 Å². The van der Waals surface area contributed by atoms with Crippen molar-refractivity contribution < 1.29 is 23.9 Å². The maximum atomic E-state index is 11.4. The Morgan fingerprint density at radius 2 is 1.81 bits per heavy atom. The summed E-state index contributed by atoms with van der Waals surface area (Å²) in [6.07, 6.45) is 0. The number of hydrogen-bond donors (Lipinski definition) is 2. The van der Waals surface area contributed by atoms with Crippen molar-refractivity contribution >= 4 is 23.8 Å². The quantitative estimate of drug-likeness (QED) is 0.485. The molecule has 2 N–H and O–H groups in total. The molecule has 88 valence electrons. The molecule has 7 heteroatoms. The minimum absolute atomic E-state index is 0.165. The number of barbiturate groups is 1. The third-order valence-corrected chi connectivity index (χ3v) is 2.20. The fourth-order valence-corrected chi connectivity index (χ4v) is 1.39. The normalized spacial score (nSPS) is 18.8. The van der Waals surface area contributed by atoms with E-state index < -0.39 is 35.7 Å². The SMILES string of the molecule is CCOC(=O)[C@H](C)C1C(=O)NC(=O)NC1=O. The molecule has 0 unspecified atom stereocenters. The minimum Gasteiger partial charge on any atom is -0.466 e. The van der Waals surface area contributed by atoms with E-state index in [0.717, 1.165) is 0 Å². The van der Waals surface area contributed by atoms with Gasteiger partial charge in [0.25, 0.3) is 0 Å². The van der Waals surface area contributed by atoms with Crippen LogP contribution in [0.2, 0.25) is 0 Å². The van der Waals surface area contributed by atoms with Crippen LogP contribution in [0.1, 0.15) is 13.8 Å². The molecule has 16 heavy (non-hydrogen) atoms. The van der Waals surface area contributed by atoms with Crippen LogP contribution in [0.25, 0.3) is 0 Å². The molecule has 0 aromatic rings. The highest BCUT2D eigenvalue weighted by molar-refractivity contribution is 6.17. The van der Waals surface area contributed by atoms with E-state index in [1.54, 1.807) is 6.92 Å². The summed E-state index contributed by atoms with van der Waals surface area (Å²) in [5.74, 6) is -4.36. The monoisotopic (exact) mass is 228 g/mol. The molecular weight excluding hydrogens is 216 g/mol. The van der Waals surface area contributed by atoms with Crippen molar-refractivity contribution in [2.45, 2.75) is 13.8 Å². The van der Waals surface area contributed by atoms with Crippen LogP contribution in [0.5, 0.6) is 0 Å². The Bertz CT molecular complexity index is 332. The first kappa shape index (κ1) is 12.2. The highest BCUT2D eigenvalue weighted by atomic mass is 16.5. The van der Waals surface area contributed by atoms with Gasteiger partial charge in [0.15, 0.2) is 0 Å². The largest absolute Gasteiger partial charge is 0.466 e. The lowest BCUT2D eigenvalue weighted by molar-refractivity contribution is -0.155. The average molecular weight is 228 g/mol. The first-order chi connectivity index (χ1) is 7.47. The molecule has 7 nitrogen and oxygen atoms in total. The molecule has 1 rings (SSSR count). The Kier molecular flexibility index (Phi) is 3.60. The lowest BCUT2D eigenvalue weighted by Gasteiger charge is -2.24. The minimum atomic E-state index is -1.23. The summed E-state index contributed by atoms with van der Waals surface area (Å²) in [7, 11) is 0. The Morgan fingerprint density at radius 1 is 1.31 bits per heavy atom. The first-order valence-electron chi connectivity index (χ1n) is 4.79. The lowest BCUT2D eigenvalue weighted by atomic mass is 9.91. The molecule has 0 aromatic heterocycles. The summed E-state index contributed by atoms with van der Waals surface area (Å²) in [5.41, 5.74) is 0. The first-order valence-corrected chi connectivity index (χ1v) is 4.79. The van der Waals surface area contributed by atoms with Gasteiger partial charge in [-0.3, -0.25) is 25.0 Å². The van der Waals surface area contributed by atoms with Gasteiger partial charge in [0.2, 0.25) is 11.8 Å². The third-order valence-electron chi connectivity index (χ3n) is 2.20. The zero-order chi connectivity index (χ0) is 12.3. The summed E-state index contributed by atoms with van der Waals surface area (Å²) in [6, 6.07) is -0.873. The molecule has 0 aromatic carbocycles. The Labute approximate surface area is 91.5 Å². The standard InChI is InChI=1S/C9H12N2O5/c1-3-16-8(14)4(2)5-6(12)10-9(15)11-7(5)13/h4-5H,3H2,1-2H3,(H2,10,11,12,13,15)/t4-/m1/s1. The highest BCUT2D eigenvalue weighted by Gasteiger charge is 2.41. The molecule has 4 amide bonds. The second kappa shape index (κ2) is 4.73. The van der Waals surface area contributed by atoms with Gasteiger partial charge in [0.05, 0.1) is 12.5 Å². The molecular formula is C9H12N2O5. The Hall–Kier alpha value is -1.92. The van der Waals surface area contributed by atoms with Crippen molar-refractivity contribution in [1.29, 1.82) is 0 Å². The van der Waals surface area contributed by atoms with E-state index >= 15 is 0 Å². The van der Waals surface area contributed by atoms with Crippen molar-refractivity contribution in [1.82, 2.24) is 10.6 Å². The van der Waals surface area contributed by atoms with Gasteiger partial charge in [-0.25, -0.2) is 4.79 Å². The number of hydrogen-bond acceptors (Lipinski definition) is 5. The number of esters is 1. The zero-order valence-corrected chi connectivity index (χ0v) is 8.90. The molecule has 1 fully saturated rings. The van der Waals surface area contributed by atoms with Crippen LogP contribution in [0, 0.1) is 11.8 Å². The number of urea groups is 1. The average Bonchev–Trinajstić information content (AvgIpc) is 2.16. The number of ether oxygens (including phenoxy) is 1. The Morgan fingerprint density at radius 3 is 2.25 bits per heavy atom. The zero-order valence-electron chi connectivity index (χ0n) is 8.90. The second-order valence-electron chi connectivity index (χ2n) is 3.33. The molecule has 1 saturated heterocycles. The van der Waals surface area contributed by atoms with Crippen molar-refractivity contribution in [2.24, 2.45) is 11.8 Å². The van der Waals surface area contributed by atoms with E-state index in [1.165, 1.54) is 6.92 Å². The number of amides is 4. The van der Waals surface area contributed by atoms with Crippen LogP contribution in [-0.4, -0.2) is 30.4 Å². The summed E-state index contributed by atoms with van der Waals surface area (Å²) in [4.78, 5) is 44.8. The van der Waals surface area contributed by atoms with E-state index in [-0.39, 0.29) is 6.61 Å². The van der Waals surface area contributed by atoms with Gasteiger partial charge in [0.1, 0.15) is 5.92 Å². The van der Waals surface area contributed by atoms with Crippen molar-refractivity contribution in [3.8, 4) is 0 Å². The van der Waals surface area contributed by atoms with Crippen molar-refractivity contribution in [2.75, 3.05) is 6.61 Å². The predicted molar refractivity (Wildman–Crippen MR) is 51.0 cm³/mol. The number of nitrogens with one attached hydrogen (secondary N) is 2. The van der Waals surface area contributed by atoms with Crippen LogP contribution in [0.4, 0.5) is 4.79 Å². The second-order valence-corrected chi connectivity index (χ2v) is 3.33. The lowest BCUT2D eigenvalue weighted by Crippen LogP contribution is -2.58. The van der Waals surface area contributed by atoms with Crippen LogP contribution in [-0.2, 0) is 19.1 Å². The molecule has 1 aliphatic rings. The van der Waals surface area contributed by atoms with Gasteiger partial charge in [-0.1, -0.05) is 6.92 Å². The number of imide groups is 2. The van der Waals surface area contributed by atoms with E-state index in [2.05, 4.69) is 0 Å². The van der Waals surface area contributed by atoms with Gasteiger partial charge < -0.3 is 4.74 Å². The topological polar surface area (TPSA) is 102 Å². The number of carbonyl (C=O) groups is 4. The molecule has 1 aliphatic heterocycles.